The summed E-state index contributed by atoms with van der Waals surface area (Å²) in [5, 5.41) is 0. The van der Waals surface area contributed by atoms with Crippen molar-refractivity contribution in [2.45, 2.75) is 11.3 Å². The highest BCUT2D eigenvalue weighted by atomic mass is 32.2. The molecule has 0 atom stereocenters. The molecule has 0 aromatic heterocycles. The summed E-state index contributed by atoms with van der Waals surface area (Å²) in [7, 11) is -1.82. The minimum Gasteiger partial charge on any atom is -0.497 e. The van der Waals surface area contributed by atoms with E-state index < -0.39 is 9.84 Å². The first-order chi connectivity index (χ1) is 12.9. The molecule has 0 N–H and O–H groups in total. The zero-order valence-electron chi connectivity index (χ0n) is 15.6. The summed E-state index contributed by atoms with van der Waals surface area (Å²) in [6.07, 6.45) is 1.95. The van der Waals surface area contributed by atoms with Crippen LogP contribution in [-0.2, 0) is 9.84 Å². The number of carbonyl (C=O) groups is 1. The van der Waals surface area contributed by atoms with Gasteiger partial charge in [0.2, 0.25) is 0 Å². The monoisotopic (exact) mass is 388 g/mol. The lowest BCUT2D eigenvalue weighted by Gasteiger charge is -2.24. The van der Waals surface area contributed by atoms with E-state index in [0.717, 1.165) is 30.7 Å². The molecule has 7 heteroatoms. The van der Waals surface area contributed by atoms with Crippen molar-refractivity contribution in [3.05, 3.63) is 54.1 Å². The minimum absolute atomic E-state index is 0.0891. The van der Waals surface area contributed by atoms with Gasteiger partial charge in [-0.1, -0.05) is 12.1 Å². The lowest BCUT2D eigenvalue weighted by atomic mass is 10.2. The van der Waals surface area contributed by atoms with Crippen LogP contribution in [0.2, 0.25) is 0 Å². The number of methoxy groups -OCH3 is 1. The van der Waals surface area contributed by atoms with E-state index in [1.54, 1.807) is 30.2 Å². The first kappa shape index (κ1) is 19.2. The fraction of sp³-hybridized carbons (Fsp3) is 0.350. The quantitative estimate of drug-likeness (QED) is 0.805. The van der Waals surface area contributed by atoms with Gasteiger partial charge < -0.3 is 14.5 Å². The van der Waals surface area contributed by atoms with Crippen LogP contribution in [0.25, 0.3) is 0 Å². The number of carbonyl (C=O) groups excluding carboxylic acids is 1. The molecule has 27 heavy (non-hydrogen) atoms. The van der Waals surface area contributed by atoms with Gasteiger partial charge in [-0.05, 0) is 42.8 Å². The van der Waals surface area contributed by atoms with Crippen LogP contribution in [0.15, 0.2) is 53.4 Å². The number of amides is 1. The second-order valence-corrected chi connectivity index (χ2v) is 8.58. The molecular weight excluding hydrogens is 364 g/mol. The zero-order valence-corrected chi connectivity index (χ0v) is 16.4. The van der Waals surface area contributed by atoms with Crippen LogP contribution in [0.1, 0.15) is 16.8 Å². The highest BCUT2D eigenvalue weighted by molar-refractivity contribution is 7.90. The summed E-state index contributed by atoms with van der Waals surface area (Å²) in [6, 6.07) is 14.3. The molecule has 1 fully saturated rings. The van der Waals surface area contributed by atoms with Gasteiger partial charge in [0, 0.05) is 38.1 Å². The lowest BCUT2D eigenvalue weighted by molar-refractivity contribution is 0.0763. The Balaban J connectivity index is 1.75. The number of rotatable bonds is 4. The molecule has 0 radical (unpaired) electrons. The van der Waals surface area contributed by atoms with Crippen LogP contribution >= 0.6 is 0 Å². The van der Waals surface area contributed by atoms with Gasteiger partial charge in [0.25, 0.3) is 5.91 Å². The normalized spacial score (nSPS) is 15.3. The van der Waals surface area contributed by atoms with Crippen molar-refractivity contribution < 1.29 is 17.9 Å². The predicted octanol–water partition coefficient (Wildman–Crippen LogP) is 2.45. The van der Waals surface area contributed by atoms with E-state index in [1.165, 1.54) is 6.07 Å². The predicted molar refractivity (Wildman–Crippen MR) is 105 cm³/mol. The van der Waals surface area contributed by atoms with Gasteiger partial charge in [0.1, 0.15) is 5.75 Å². The summed E-state index contributed by atoms with van der Waals surface area (Å²) in [4.78, 5) is 17.0. The first-order valence-corrected chi connectivity index (χ1v) is 10.8. The number of benzene rings is 2. The third-order valence-corrected chi connectivity index (χ3v) is 5.89. The second kappa shape index (κ2) is 8.00. The van der Waals surface area contributed by atoms with E-state index in [9.17, 15) is 13.2 Å². The third kappa shape index (κ3) is 4.42. The zero-order chi connectivity index (χ0) is 19.4. The number of hydrogen-bond donors (Lipinski definition) is 0. The molecule has 1 saturated heterocycles. The highest BCUT2D eigenvalue weighted by Gasteiger charge is 2.25. The molecule has 2 aromatic rings. The van der Waals surface area contributed by atoms with E-state index in [2.05, 4.69) is 4.90 Å². The standard InChI is InChI=1S/C20H24N2O4S/c1-26-17-10-8-16(9-11-17)21-12-5-13-22(15-14-21)20(23)18-6-3-4-7-19(18)27(2,24)25/h3-4,6-11H,5,12-15H2,1-2H3. The van der Waals surface area contributed by atoms with Crippen molar-refractivity contribution >= 4 is 21.4 Å². The molecule has 1 amide bonds. The molecular formula is C20H24N2O4S. The summed E-state index contributed by atoms with van der Waals surface area (Å²) in [6.45, 7) is 2.68. The molecule has 144 valence electrons. The van der Waals surface area contributed by atoms with Crippen LogP contribution in [0.4, 0.5) is 5.69 Å². The largest absolute Gasteiger partial charge is 0.497 e. The molecule has 0 unspecified atom stereocenters. The molecule has 0 bridgehead atoms. The van der Waals surface area contributed by atoms with Crippen LogP contribution < -0.4 is 9.64 Å². The molecule has 1 heterocycles. The number of ether oxygens (including phenoxy) is 1. The molecule has 2 aromatic carbocycles. The molecule has 1 aliphatic rings. The molecule has 0 aliphatic carbocycles. The Bertz CT molecular complexity index is 910. The van der Waals surface area contributed by atoms with Crippen molar-refractivity contribution in [2.24, 2.45) is 0 Å². The van der Waals surface area contributed by atoms with Gasteiger partial charge in [0.05, 0.1) is 17.6 Å². The maximum atomic E-state index is 13.0. The maximum Gasteiger partial charge on any atom is 0.255 e. The van der Waals surface area contributed by atoms with E-state index in [4.69, 9.17) is 4.74 Å². The lowest BCUT2D eigenvalue weighted by Crippen LogP contribution is -2.35. The summed E-state index contributed by atoms with van der Waals surface area (Å²) < 4.78 is 29.2. The third-order valence-electron chi connectivity index (χ3n) is 4.74. The first-order valence-electron chi connectivity index (χ1n) is 8.87. The minimum atomic E-state index is -3.46. The summed E-state index contributed by atoms with van der Waals surface area (Å²) >= 11 is 0. The Kier molecular flexibility index (Phi) is 5.70. The summed E-state index contributed by atoms with van der Waals surface area (Å²) in [5.74, 6) is 0.579. The van der Waals surface area contributed by atoms with E-state index in [-0.39, 0.29) is 16.4 Å². The van der Waals surface area contributed by atoms with Gasteiger partial charge in [-0.15, -0.1) is 0 Å². The highest BCUT2D eigenvalue weighted by Crippen LogP contribution is 2.22. The van der Waals surface area contributed by atoms with E-state index >= 15 is 0 Å². The second-order valence-electron chi connectivity index (χ2n) is 6.60. The Hall–Kier alpha value is -2.54. The van der Waals surface area contributed by atoms with Crippen LogP contribution in [0, 0.1) is 0 Å². The fourth-order valence-electron chi connectivity index (χ4n) is 3.31. The van der Waals surface area contributed by atoms with E-state index in [1.807, 2.05) is 24.3 Å². The van der Waals surface area contributed by atoms with Crippen molar-refractivity contribution in [3.8, 4) is 5.75 Å². The van der Waals surface area contributed by atoms with Crippen molar-refractivity contribution in [2.75, 3.05) is 44.4 Å². The van der Waals surface area contributed by atoms with E-state index in [0.29, 0.717) is 19.6 Å². The molecule has 3 rings (SSSR count). The topological polar surface area (TPSA) is 66.9 Å². The molecule has 0 spiro atoms. The number of nitrogens with zero attached hydrogens (tertiary/aromatic N) is 2. The molecule has 6 nitrogen and oxygen atoms in total. The van der Waals surface area contributed by atoms with Crippen molar-refractivity contribution in [1.82, 2.24) is 4.90 Å². The molecule has 1 aliphatic heterocycles. The Morgan fingerprint density at radius 1 is 0.963 bits per heavy atom. The van der Waals surface area contributed by atoms with Crippen molar-refractivity contribution in [1.29, 1.82) is 0 Å². The van der Waals surface area contributed by atoms with Gasteiger partial charge in [-0.25, -0.2) is 8.42 Å². The number of anilines is 1. The van der Waals surface area contributed by atoms with Crippen LogP contribution in [0.5, 0.6) is 5.75 Å². The summed E-state index contributed by atoms with van der Waals surface area (Å²) in [5.41, 5.74) is 1.33. The van der Waals surface area contributed by atoms with Crippen LogP contribution in [-0.4, -0.2) is 58.8 Å². The number of sulfone groups is 1. The van der Waals surface area contributed by atoms with Gasteiger partial charge >= 0.3 is 0 Å². The maximum absolute atomic E-state index is 13.0. The fourth-order valence-corrected chi connectivity index (χ4v) is 4.19. The Morgan fingerprint density at radius 3 is 2.33 bits per heavy atom. The van der Waals surface area contributed by atoms with Gasteiger partial charge in [-0.2, -0.15) is 0 Å². The Morgan fingerprint density at radius 2 is 1.67 bits per heavy atom. The molecule has 0 saturated carbocycles. The van der Waals surface area contributed by atoms with Crippen molar-refractivity contribution in [3.63, 3.8) is 0 Å². The Labute approximate surface area is 160 Å². The average molecular weight is 388 g/mol. The van der Waals surface area contributed by atoms with Gasteiger partial charge in [-0.3, -0.25) is 4.79 Å². The number of hydrogen-bond acceptors (Lipinski definition) is 5. The van der Waals surface area contributed by atoms with Crippen LogP contribution in [0.3, 0.4) is 0 Å². The van der Waals surface area contributed by atoms with Gasteiger partial charge in [0.15, 0.2) is 9.84 Å². The SMILES string of the molecule is COc1ccc(N2CCCN(C(=O)c3ccccc3S(C)(=O)=O)CC2)cc1. The average Bonchev–Trinajstić information content (AvgIpc) is 2.93. The smallest absolute Gasteiger partial charge is 0.255 e.